The van der Waals surface area contributed by atoms with Gasteiger partial charge in [-0.15, -0.1) is 0 Å². The predicted molar refractivity (Wildman–Crippen MR) is 83.1 cm³/mol. The first-order valence-electron chi connectivity index (χ1n) is 7.77. The normalized spacial score (nSPS) is 19.3. The molecule has 0 unspecified atom stereocenters. The summed E-state index contributed by atoms with van der Waals surface area (Å²) in [5.41, 5.74) is -0.168. The molecule has 1 aromatic rings. The molecule has 8 nitrogen and oxygen atoms in total. The van der Waals surface area contributed by atoms with Gasteiger partial charge in [0, 0.05) is 38.4 Å². The monoisotopic (exact) mass is 340 g/mol. The van der Waals surface area contributed by atoms with Crippen LogP contribution in [0.25, 0.3) is 0 Å². The lowest BCUT2D eigenvalue weighted by Crippen LogP contribution is -2.56. The molecule has 1 N–H and O–H groups in total. The molecule has 23 heavy (non-hydrogen) atoms. The summed E-state index contributed by atoms with van der Waals surface area (Å²) in [6, 6.07) is 3.02. The van der Waals surface area contributed by atoms with Crippen LogP contribution in [0.1, 0.15) is 19.3 Å². The van der Waals surface area contributed by atoms with Crippen molar-refractivity contribution in [1.82, 2.24) is 19.4 Å². The van der Waals surface area contributed by atoms with Crippen molar-refractivity contribution in [3.63, 3.8) is 0 Å². The van der Waals surface area contributed by atoms with E-state index in [1.807, 2.05) is 0 Å². The Hall–Kier alpha value is -1.74. The first-order chi connectivity index (χ1) is 11.0. The van der Waals surface area contributed by atoms with Gasteiger partial charge in [0.25, 0.3) is 5.56 Å². The molecule has 1 saturated carbocycles. The number of aryl methyl sites for hydroxylation is 1. The molecule has 126 valence electrons. The standard InChI is InChI=1S/C14H20N4O4S/c19-13-3-1-7-16-18(13)8-2-6-15-14(20)11-9-17(10-11)23(21,22)12-4-5-12/h1,3,7,11-12H,2,4-6,8-10H2,(H,15,20). The smallest absolute Gasteiger partial charge is 0.266 e. The maximum absolute atomic E-state index is 11.9. The summed E-state index contributed by atoms with van der Waals surface area (Å²) in [7, 11) is -3.15. The number of rotatable bonds is 7. The van der Waals surface area contributed by atoms with Crippen molar-refractivity contribution in [2.75, 3.05) is 19.6 Å². The van der Waals surface area contributed by atoms with Crippen LogP contribution in [0.5, 0.6) is 0 Å². The highest BCUT2D eigenvalue weighted by molar-refractivity contribution is 7.90. The molecule has 1 aromatic heterocycles. The number of amides is 1. The van der Waals surface area contributed by atoms with Crippen LogP contribution in [0.2, 0.25) is 0 Å². The van der Waals surface area contributed by atoms with E-state index in [1.165, 1.54) is 15.1 Å². The summed E-state index contributed by atoms with van der Waals surface area (Å²) < 4.78 is 26.6. The van der Waals surface area contributed by atoms with Crippen LogP contribution in [-0.4, -0.2) is 53.3 Å². The maximum atomic E-state index is 11.9. The van der Waals surface area contributed by atoms with Crippen molar-refractivity contribution in [2.24, 2.45) is 5.92 Å². The van der Waals surface area contributed by atoms with Gasteiger partial charge in [0.2, 0.25) is 15.9 Å². The van der Waals surface area contributed by atoms with E-state index in [0.29, 0.717) is 19.5 Å². The molecule has 2 aliphatic rings. The Morgan fingerprint density at radius 3 is 2.74 bits per heavy atom. The van der Waals surface area contributed by atoms with E-state index in [9.17, 15) is 18.0 Å². The fourth-order valence-corrected chi connectivity index (χ4v) is 4.46. The Labute approximate surface area is 134 Å². The average molecular weight is 340 g/mol. The quantitative estimate of drug-likeness (QED) is 0.653. The lowest BCUT2D eigenvalue weighted by Gasteiger charge is -2.37. The van der Waals surface area contributed by atoms with Gasteiger partial charge in [-0.1, -0.05) is 0 Å². The van der Waals surface area contributed by atoms with Crippen molar-refractivity contribution >= 4 is 15.9 Å². The van der Waals surface area contributed by atoms with E-state index in [1.54, 1.807) is 12.3 Å². The molecule has 3 rings (SSSR count). The number of hydrogen-bond donors (Lipinski definition) is 1. The van der Waals surface area contributed by atoms with Gasteiger partial charge in [-0.2, -0.15) is 9.40 Å². The van der Waals surface area contributed by atoms with Crippen LogP contribution in [0.4, 0.5) is 0 Å². The van der Waals surface area contributed by atoms with Crippen LogP contribution < -0.4 is 10.9 Å². The molecular formula is C14H20N4O4S. The Bertz CT molecular complexity index is 735. The summed E-state index contributed by atoms with van der Waals surface area (Å²) in [6.07, 6.45) is 3.62. The second-order valence-corrected chi connectivity index (χ2v) is 8.20. The van der Waals surface area contributed by atoms with E-state index < -0.39 is 10.0 Å². The van der Waals surface area contributed by atoms with Gasteiger partial charge >= 0.3 is 0 Å². The maximum Gasteiger partial charge on any atom is 0.266 e. The number of nitrogens with zero attached hydrogens (tertiary/aromatic N) is 3. The number of aromatic nitrogens is 2. The minimum Gasteiger partial charge on any atom is -0.356 e. The minimum absolute atomic E-state index is 0.124. The Balaban J connectivity index is 1.36. The second-order valence-electron chi connectivity index (χ2n) is 5.99. The largest absolute Gasteiger partial charge is 0.356 e. The molecule has 9 heteroatoms. The van der Waals surface area contributed by atoms with Gasteiger partial charge < -0.3 is 5.32 Å². The van der Waals surface area contributed by atoms with Gasteiger partial charge in [-0.25, -0.2) is 13.1 Å². The first kappa shape index (κ1) is 16.1. The topological polar surface area (TPSA) is 101 Å². The molecule has 1 aliphatic carbocycles. The fraction of sp³-hybridized carbons (Fsp3) is 0.643. The molecule has 2 fully saturated rings. The summed E-state index contributed by atoms with van der Waals surface area (Å²) in [5, 5.41) is 6.50. The summed E-state index contributed by atoms with van der Waals surface area (Å²) in [6.45, 7) is 1.44. The zero-order chi connectivity index (χ0) is 16.4. The molecule has 1 saturated heterocycles. The average Bonchev–Trinajstić information content (AvgIpc) is 3.28. The Morgan fingerprint density at radius 2 is 2.09 bits per heavy atom. The number of hydrogen-bond acceptors (Lipinski definition) is 5. The van der Waals surface area contributed by atoms with Crippen molar-refractivity contribution in [1.29, 1.82) is 0 Å². The molecule has 0 atom stereocenters. The lowest BCUT2D eigenvalue weighted by atomic mass is 10.0. The highest BCUT2D eigenvalue weighted by Gasteiger charge is 2.46. The second kappa shape index (κ2) is 6.40. The molecular weight excluding hydrogens is 320 g/mol. The third kappa shape index (κ3) is 3.61. The molecule has 0 spiro atoms. The fourth-order valence-electron chi connectivity index (χ4n) is 2.53. The minimum atomic E-state index is -3.15. The van der Waals surface area contributed by atoms with E-state index in [4.69, 9.17) is 0 Å². The van der Waals surface area contributed by atoms with Crippen LogP contribution in [0.15, 0.2) is 23.1 Å². The summed E-state index contributed by atoms with van der Waals surface area (Å²) in [4.78, 5) is 23.4. The molecule has 0 aromatic carbocycles. The third-order valence-corrected chi connectivity index (χ3v) is 6.49. The molecule has 2 heterocycles. The van der Waals surface area contributed by atoms with E-state index in [-0.39, 0.29) is 35.7 Å². The molecule has 0 radical (unpaired) electrons. The predicted octanol–water partition coefficient (Wildman–Crippen LogP) is -0.826. The number of sulfonamides is 1. The van der Waals surface area contributed by atoms with E-state index >= 15 is 0 Å². The van der Waals surface area contributed by atoms with Crippen molar-refractivity contribution in [2.45, 2.75) is 31.1 Å². The zero-order valence-electron chi connectivity index (χ0n) is 12.7. The zero-order valence-corrected chi connectivity index (χ0v) is 13.5. The molecule has 1 aliphatic heterocycles. The van der Waals surface area contributed by atoms with Crippen LogP contribution in [-0.2, 0) is 21.4 Å². The van der Waals surface area contributed by atoms with Crippen LogP contribution >= 0.6 is 0 Å². The van der Waals surface area contributed by atoms with Gasteiger partial charge in [-0.05, 0) is 25.3 Å². The van der Waals surface area contributed by atoms with Crippen LogP contribution in [0.3, 0.4) is 0 Å². The van der Waals surface area contributed by atoms with E-state index in [0.717, 1.165) is 12.8 Å². The van der Waals surface area contributed by atoms with Gasteiger partial charge in [0.05, 0.1) is 11.2 Å². The first-order valence-corrected chi connectivity index (χ1v) is 9.27. The Kier molecular flexibility index (Phi) is 4.49. The summed E-state index contributed by atoms with van der Waals surface area (Å²) in [5.74, 6) is -0.387. The number of nitrogens with one attached hydrogen (secondary N) is 1. The molecule has 0 bridgehead atoms. The highest BCUT2D eigenvalue weighted by atomic mass is 32.2. The van der Waals surface area contributed by atoms with Crippen molar-refractivity contribution in [3.05, 3.63) is 28.7 Å². The van der Waals surface area contributed by atoms with Crippen molar-refractivity contribution in [3.8, 4) is 0 Å². The van der Waals surface area contributed by atoms with Crippen LogP contribution in [0, 0.1) is 5.92 Å². The van der Waals surface area contributed by atoms with Gasteiger partial charge in [0.15, 0.2) is 0 Å². The van der Waals surface area contributed by atoms with Crippen molar-refractivity contribution < 1.29 is 13.2 Å². The van der Waals surface area contributed by atoms with Gasteiger partial charge in [0.1, 0.15) is 0 Å². The lowest BCUT2D eigenvalue weighted by molar-refractivity contribution is -0.128. The third-order valence-electron chi connectivity index (χ3n) is 4.16. The van der Waals surface area contributed by atoms with E-state index in [2.05, 4.69) is 10.4 Å². The van der Waals surface area contributed by atoms with Gasteiger partial charge in [-0.3, -0.25) is 9.59 Å². The summed E-state index contributed by atoms with van der Waals surface area (Å²) >= 11 is 0. The number of carbonyl (C=O) groups is 1. The SMILES string of the molecule is O=C(NCCCn1ncccc1=O)C1CN(S(=O)(=O)C2CC2)C1. The molecule has 1 amide bonds. The Morgan fingerprint density at radius 1 is 1.35 bits per heavy atom. The highest BCUT2D eigenvalue weighted by Crippen LogP contribution is 2.34. The number of carbonyl (C=O) groups excluding carboxylic acids is 1.